The van der Waals surface area contributed by atoms with E-state index in [1.54, 1.807) is 7.11 Å². The molecular weight excluding hydrogens is 310 g/mol. The standard InChI is InChI=1S/C16H25N5O3/c1-24-10-9-19-16(23)14(12-5-3-2-4-6-12)20-21-15(22)13-11-17-7-8-18-13/h7-8,11-12,14,20H,2-6,9-10H2,1H3,(H,19,23)(H,21,22)/t14-/m1/s1. The molecule has 2 rings (SSSR count). The molecule has 24 heavy (non-hydrogen) atoms. The molecule has 132 valence electrons. The summed E-state index contributed by atoms with van der Waals surface area (Å²) in [5.74, 6) is -0.338. The van der Waals surface area contributed by atoms with Crippen LogP contribution >= 0.6 is 0 Å². The van der Waals surface area contributed by atoms with Gasteiger partial charge in [0.1, 0.15) is 11.7 Å². The molecule has 1 atom stereocenters. The molecule has 1 aliphatic rings. The zero-order valence-electron chi connectivity index (χ0n) is 14.0. The fraction of sp³-hybridized carbons (Fsp3) is 0.625. The average molecular weight is 335 g/mol. The summed E-state index contributed by atoms with van der Waals surface area (Å²) in [6.45, 7) is 0.896. The van der Waals surface area contributed by atoms with Crippen LogP contribution in [0.4, 0.5) is 0 Å². The van der Waals surface area contributed by atoms with Crippen molar-refractivity contribution in [2.24, 2.45) is 5.92 Å². The number of hydrogen-bond donors (Lipinski definition) is 3. The smallest absolute Gasteiger partial charge is 0.285 e. The highest BCUT2D eigenvalue weighted by molar-refractivity contribution is 5.92. The number of hydrazine groups is 1. The summed E-state index contributed by atoms with van der Waals surface area (Å²) in [7, 11) is 1.59. The Balaban J connectivity index is 1.94. The average Bonchev–Trinajstić information content (AvgIpc) is 2.63. The van der Waals surface area contributed by atoms with Crippen LogP contribution in [0.3, 0.4) is 0 Å². The Hall–Kier alpha value is -2.06. The molecule has 0 radical (unpaired) electrons. The van der Waals surface area contributed by atoms with Gasteiger partial charge in [0.25, 0.3) is 5.91 Å². The van der Waals surface area contributed by atoms with E-state index in [0.29, 0.717) is 13.2 Å². The highest BCUT2D eigenvalue weighted by Crippen LogP contribution is 2.26. The van der Waals surface area contributed by atoms with Crippen molar-refractivity contribution in [1.82, 2.24) is 26.1 Å². The first-order valence-electron chi connectivity index (χ1n) is 8.31. The highest BCUT2D eigenvalue weighted by Gasteiger charge is 2.29. The van der Waals surface area contributed by atoms with Gasteiger partial charge in [0.05, 0.1) is 12.8 Å². The summed E-state index contributed by atoms with van der Waals surface area (Å²) >= 11 is 0. The third kappa shape index (κ3) is 5.54. The topological polar surface area (TPSA) is 105 Å². The normalized spacial score (nSPS) is 16.4. The molecule has 1 heterocycles. The SMILES string of the molecule is COCCNC(=O)[C@H](NNC(=O)c1cnccn1)C1CCCCC1. The molecule has 0 aliphatic heterocycles. The Morgan fingerprint density at radius 2 is 2.08 bits per heavy atom. The largest absolute Gasteiger partial charge is 0.383 e. The van der Waals surface area contributed by atoms with Crippen LogP contribution in [0.5, 0.6) is 0 Å². The van der Waals surface area contributed by atoms with E-state index < -0.39 is 11.9 Å². The van der Waals surface area contributed by atoms with Gasteiger partial charge < -0.3 is 10.1 Å². The molecule has 1 aromatic heterocycles. The van der Waals surface area contributed by atoms with Gasteiger partial charge in [0.15, 0.2) is 0 Å². The predicted octanol–water partition coefficient (Wildman–Crippen LogP) is 0.423. The number of nitrogens with zero attached hydrogens (tertiary/aromatic N) is 2. The van der Waals surface area contributed by atoms with Crippen molar-refractivity contribution in [3.05, 3.63) is 24.3 Å². The van der Waals surface area contributed by atoms with Crippen molar-refractivity contribution in [3.63, 3.8) is 0 Å². The van der Waals surface area contributed by atoms with Crippen LogP contribution in [0, 0.1) is 5.92 Å². The van der Waals surface area contributed by atoms with Crippen molar-refractivity contribution in [2.75, 3.05) is 20.3 Å². The lowest BCUT2D eigenvalue weighted by atomic mass is 9.84. The van der Waals surface area contributed by atoms with E-state index in [1.165, 1.54) is 25.0 Å². The van der Waals surface area contributed by atoms with Crippen molar-refractivity contribution >= 4 is 11.8 Å². The molecule has 1 saturated carbocycles. The summed E-state index contributed by atoms with van der Waals surface area (Å²) in [4.78, 5) is 32.4. The number of carbonyl (C=O) groups is 2. The molecule has 0 saturated heterocycles. The van der Waals surface area contributed by atoms with Gasteiger partial charge in [0.2, 0.25) is 5.91 Å². The summed E-state index contributed by atoms with van der Waals surface area (Å²) in [6, 6.07) is -0.470. The Morgan fingerprint density at radius 3 is 2.75 bits per heavy atom. The molecule has 8 heteroatoms. The molecule has 0 aromatic carbocycles. The first kappa shape index (κ1) is 18.3. The lowest BCUT2D eigenvalue weighted by Crippen LogP contribution is -2.55. The van der Waals surface area contributed by atoms with Gasteiger partial charge in [-0.1, -0.05) is 19.3 Å². The maximum absolute atomic E-state index is 12.5. The molecule has 0 spiro atoms. The van der Waals surface area contributed by atoms with Crippen molar-refractivity contribution in [2.45, 2.75) is 38.1 Å². The number of hydrogen-bond acceptors (Lipinski definition) is 6. The zero-order chi connectivity index (χ0) is 17.2. The van der Waals surface area contributed by atoms with Crippen LogP contribution in [0.25, 0.3) is 0 Å². The maximum atomic E-state index is 12.5. The van der Waals surface area contributed by atoms with Gasteiger partial charge in [-0.05, 0) is 18.8 Å². The molecular formula is C16H25N5O3. The number of rotatable bonds is 8. The van der Waals surface area contributed by atoms with Gasteiger partial charge >= 0.3 is 0 Å². The molecule has 1 aliphatic carbocycles. The van der Waals surface area contributed by atoms with E-state index in [2.05, 4.69) is 26.1 Å². The number of ether oxygens (including phenoxy) is 1. The molecule has 0 bridgehead atoms. The van der Waals surface area contributed by atoms with E-state index in [1.807, 2.05) is 0 Å². The van der Waals surface area contributed by atoms with E-state index >= 15 is 0 Å². The molecule has 1 aromatic rings. The second-order valence-corrected chi connectivity index (χ2v) is 5.85. The van der Waals surface area contributed by atoms with E-state index in [4.69, 9.17) is 4.74 Å². The van der Waals surface area contributed by atoms with Crippen molar-refractivity contribution in [3.8, 4) is 0 Å². The third-order valence-corrected chi connectivity index (χ3v) is 4.15. The number of carbonyl (C=O) groups excluding carboxylic acids is 2. The first-order valence-corrected chi connectivity index (χ1v) is 8.31. The second kappa shape index (κ2) is 9.94. The summed E-state index contributed by atoms with van der Waals surface area (Å²) in [5.41, 5.74) is 5.68. The van der Waals surface area contributed by atoms with Crippen LogP contribution in [0.15, 0.2) is 18.6 Å². The van der Waals surface area contributed by atoms with Crippen LogP contribution in [-0.2, 0) is 9.53 Å². The first-order chi connectivity index (χ1) is 11.7. The van der Waals surface area contributed by atoms with Crippen LogP contribution < -0.4 is 16.2 Å². The maximum Gasteiger partial charge on any atom is 0.285 e. The quantitative estimate of drug-likeness (QED) is 0.470. The Labute approximate surface area is 141 Å². The summed E-state index contributed by atoms with van der Waals surface area (Å²) in [5, 5.41) is 2.84. The van der Waals surface area contributed by atoms with Gasteiger partial charge in [-0.25, -0.2) is 10.4 Å². The zero-order valence-corrected chi connectivity index (χ0v) is 14.0. The van der Waals surface area contributed by atoms with Gasteiger partial charge in [-0.3, -0.25) is 20.0 Å². The summed E-state index contributed by atoms with van der Waals surface area (Å²) < 4.78 is 4.95. The van der Waals surface area contributed by atoms with Gasteiger partial charge in [-0.2, -0.15) is 0 Å². The molecule has 8 nitrogen and oxygen atoms in total. The second-order valence-electron chi connectivity index (χ2n) is 5.85. The van der Waals surface area contributed by atoms with Crippen molar-refractivity contribution < 1.29 is 14.3 Å². The molecule has 0 unspecified atom stereocenters. The molecule has 1 fully saturated rings. The predicted molar refractivity (Wildman–Crippen MR) is 87.9 cm³/mol. The monoisotopic (exact) mass is 335 g/mol. The molecule has 3 N–H and O–H groups in total. The number of amides is 2. The van der Waals surface area contributed by atoms with Crippen LogP contribution in [0.2, 0.25) is 0 Å². The Morgan fingerprint density at radius 1 is 1.29 bits per heavy atom. The number of nitrogens with one attached hydrogen (secondary N) is 3. The van der Waals surface area contributed by atoms with E-state index in [9.17, 15) is 9.59 Å². The van der Waals surface area contributed by atoms with Crippen LogP contribution in [0.1, 0.15) is 42.6 Å². The lowest BCUT2D eigenvalue weighted by Gasteiger charge is -2.30. The van der Waals surface area contributed by atoms with Crippen LogP contribution in [-0.4, -0.2) is 48.1 Å². The Kier molecular flexibility index (Phi) is 7.57. The fourth-order valence-electron chi connectivity index (χ4n) is 2.87. The number of aromatic nitrogens is 2. The van der Waals surface area contributed by atoms with Gasteiger partial charge in [-0.15, -0.1) is 0 Å². The minimum atomic E-state index is -0.470. The minimum Gasteiger partial charge on any atom is -0.383 e. The fourth-order valence-corrected chi connectivity index (χ4v) is 2.87. The minimum absolute atomic E-state index is 0.126. The summed E-state index contributed by atoms with van der Waals surface area (Å²) in [6.07, 6.45) is 9.67. The Bertz CT molecular complexity index is 520. The lowest BCUT2D eigenvalue weighted by molar-refractivity contribution is -0.125. The number of methoxy groups -OCH3 is 1. The molecule has 2 amide bonds. The van der Waals surface area contributed by atoms with E-state index in [-0.39, 0.29) is 17.5 Å². The highest BCUT2D eigenvalue weighted by atomic mass is 16.5. The third-order valence-electron chi connectivity index (χ3n) is 4.15. The van der Waals surface area contributed by atoms with Crippen molar-refractivity contribution in [1.29, 1.82) is 0 Å². The van der Waals surface area contributed by atoms with Gasteiger partial charge in [0, 0.05) is 26.0 Å². The van der Waals surface area contributed by atoms with E-state index in [0.717, 1.165) is 25.7 Å².